The molecule has 14 heavy (non-hydrogen) atoms. The summed E-state index contributed by atoms with van der Waals surface area (Å²) in [6.07, 6.45) is 2.12. The average Bonchev–Trinajstić information content (AvgIpc) is 2.19. The van der Waals surface area contributed by atoms with Crippen LogP contribution in [0.5, 0.6) is 0 Å². The number of likely N-dealkylation sites (tertiary alicyclic amines) is 1. The van der Waals surface area contributed by atoms with E-state index in [9.17, 15) is 9.59 Å². The Morgan fingerprint density at radius 2 is 2.14 bits per heavy atom. The summed E-state index contributed by atoms with van der Waals surface area (Å²) in [7, 11) is 0. The lowest BCUT2D eigenvalue weighted by Crippen LogP contribution is -2.39. The van der Waals surface area contributed by atoms with E-state index in [2.05, 4.69) is 10.2 Å². The molecule has 5 nitrogen and oxygen atoms in total. The highest BCUT2D eigenvalue weighted by Crippen LogP contribution is 2.16. The highest BCUT2D eigenvalue weighted by atomic mass is 16.4. The minimum Gasteiger partial charge on any atom is -0.481 e. The molecule has 0 unspecified atom stereocenters. The van der Waals surface area contributed by atoms with Gasteiger partial charge in [0, 0.05) is 13.1 Å². The van der Waals surface area contributed by atoms with Gasteiger partial charge in [0.15, 0.2) is 0 Å². The van der Waals surface area contributed by atoms with Gasteiger partial charge in [-0.25, -0.2) is 0 Å². The van der Waals surface area contributed by atoms with E-state index in [-0.39, 0.29) is 5.92 Å². The number of carbonyl (C=O) groups excluding carboxylic acids is 1. The molecule has 1 saturated heterocycles. The van der Waals surface area contributed by atoms with Crippen molar-refractivity contribution >= 4 is 12.4 Å². The summed E-state index contributed by atoms with van der Waals surface area (Å²) in [6, 6.07) is 0. The van der Waals surface area contributed by atoms with Gasteiger partial charge >= 0.3 is 5.97 Å². The minimum atomic E-state index is -0.685. The van der Waals surface area contributed by atoms with Crippen molar-refractivity contribution < 1.29 is 14.7 Å². The Labute approximate surface area is 83.1 Å². The number of aliphatic carboxylic acids is 1. The van der Waals surface area contributed by atoms with Gasteiger partial charge in [0.1, 0.15) is 0 Å². The Balaban J connectivity index is 2.15. The second-order valence-electron chi connectivity index (χ2n) is 3.53. The quantitative estimate of drug-likeness (QED) is 0.465. The van der Waals surface area contributed by atoms with Crippen LogP contribution in [0.4, 0.5) is 0 Å². The van der Waals surface area contributed by atoms with Crippen LogP contribution < -0.4 is 5.32 Å². The summed E-state index contributed by atoms with van der Waals surface area (Å²) in [6.45, 7) is 3.08. The third-order valence-corrected chi connectivity index (χ3v) is 2.59. The molecular weight excluding hydrogens is 184 g/mol. The molecule has 0 aliphatic carbocycles. The van der Waals surface area contributed by atoms with Crippen LogP contribution in [-0.2, 0) is 9.59 Å². The predicted octanol–water partition coefficient (Wildman–Crippen LogP) is -0.471. The Hall–Kier alpha value is -1.10. The molecule has 1 fully saturated rings. The molecule has 1 aliphatic heterocycles. The number of nitrogens with zero attached hydrogens (tertiary/aromatic N) is 1. The van der Waals surface area contributed by atoms with E-state index >= 15 is 0 Å². The molecule has 0 aromatic carbocycles. The number of hydrogen-bond acceptors (Lipinski definition) is 3. The molecular formula is C9H16N2O3. The van der Waals surface area contributed by atoms with E-state index < -0.39 is 5.97 Å². The third kappa shape index (κ3) is 3.33. The van der Waals surface area contributed by atoms with Crippen LogP contribution in [0.3, 0.4) is 0 Å². The van der Waals surface area contributed by atoms with Crippen molar-refractivity contribution in [2.75, 3.05) is 26.2 Å². The van der Waals surface area contributed by atoms with E-state index in [1.807, 2.05) is 0 Å². The molecule has 0 radical (unpaired) electrons. The maximum Gasteiger partial charge on any atom is 0.306 e. The number of piperidine rings is 1. The SMILES string of the molecule is O=CNCCN1CCC(C(=O)O)CC1. The van der Waals surface area contributed by atoms with Gasteiger partial charge in [-0.1, -0.05) is 0 Å². The van der Waals surface area contributed by atoms with Crippen molar-refractivity contribution in [1.29, 1.82) is 0 Å². The first-order valence-corrected chi connectivity index (χ1v) is 4.86. The van der Waals surface area contributed by atoms with Crippen LogP contribution in [0, 0.1) is 5.92 Å². The fourth-order valence-electron chi connectivity index (χ4n) is 1.69. The molecule has 1 rings (SSSR count). The van der Waals surface area contributed by atoms with Crippen molar-refractivity contribution in [2.24, 2.45) is 5.92 Å². The number of carboxylic acids is 1. The summed E-state index contributed by atoms with van der Waals surface area (Å²) >= 11 is 0. The minimum absolute atomic E-state index is 0.176. The number of amides is 1. The summed E-state index contributed by atoms with van der Waals surface area (Å²) in [5.41, 5.74) is 0. The normalized spacial score (nSPS) is 19.1. The van der Waals surface area contributed by atoms with Crippen molar-refractivity contribution in [3.8, 4) is 0 Å². The van der Waals surface area contributed by atoms with Gasteiger partial charge < -0.3 is 15.3 Å². The average molecular weight is 200 g/mol. The summed E-state index contributed by atoms with van der Waals surface area (Å²) < 4.78 is 0. The Bertz CT molecular complexity index is 200. The number of hydrogen-bond donors (Lipinski definition) is 2. The highest BCUT2D eigenvalue weighted by Gasteiger charge is 2.23. The second-order valence-corrected chi connectivity index (χ2v) is 3.53. The van der Waals surface area contributed by atoms with Crippen LogP contribution in [0.1, 0.15) is 12.8 Å². The second kappa shape index (κ2) is 5.59. The van der Waals surface area contributed by atoms with E-state index in [1.54, 1.807) is 0 Å². The Kier molecular flexibility index (Phi) is 4.39. The van der Waals surface area contributed by atoms with Gasteiger partial charge in [0.25, 0.3) is 0 Å². The van der Waals surface area contributed by atoms with Gasteiger partial charge in [-0.2, -0.15) is 0 Å². The molecule has 0 spiro atoms. The number of carboxylic acid groups (broad SMARTS) is 1. The molecule has 0 atom stereocenters. The summed E-state index contributed by atoms with van der Waals surface area (Å²) in [4.78, 5) is 22.8. The Morgan fingerprint density at radius 3 is 2.64 bits per heavy atom. The lowest BCUT2D eigenvalue weighted by atomic mass is 9.97. The van der Waals surface area contributed by atoms with E-state index in [0.29, 0.717) is 13.0 Å². The van der Waals surface area contributed by atoms with Crippen molar-refractivity contribution in [1.82, 2.24) is 10.2 Å². The monoisotopic (exact) mass is 200 g/mol. The van der Waals surface area contributed by atoms with Crippen molar-refractivity contribution in [3.63, 3.8) is 0 Å². The molecule has 0 saturated carbocycles. The fourth-order valence-corrected chi connectivity index (χ4v) is 1.69. The first-order valence-electron chi connectivity index (χ1n) is 4.86. The van der Waals surface area contributed by atoms with Gasteiger partial charge in [-0.05, 0) is 25.9 Å². The van der Waals surface area contributed by atoms with E-state index in [4.69, 9.17) is 5.11 Å². The Morgan fingerprint density at radius 1 is 1.50 bits per heavy atom. The standard InChI is InChI=1S/C9H16N2O3/c12-7-10-3-6-11-4-1-8(2-5-11)9(13)14/h7-8H,1-6H2,(H,10,12)(H,13,14). The number of nitrogens with one attached hydrogen (secondary N) is 1. The maximum atomic E-state index is 10.6. The van der Waals surface area contributed by atoms with Crippen LogP contribution in [0.25, 0.3) is 0 Å². The number of carbonyl (C=O) groups is 2. The molecule has 0 aromatic rings. The highest BCUT2D eigenvalue weighted by molar-refractivity contribution is 5.70. The van der Waals surface area contributed by atoms with Crippen molar-refractivity contribution in [2.45, 2.75) is 12.8 Å². The van der Waals surface area contributed by atoms with E-state index in [1.165, 1.54) is 0 Å². The predicted molar refractivity (Wildman–Crippen MR) is 50.9 cm³/mol. The van der Waals surface area contributed by atoms with Crippen LogP contribution in [0.15, 0.2) is 0 Å². The lowest BCUT2D eigenvalue weighted by Gasteiger charge is -2.29. The van der Waals surface area contributed by atoms with E-state index in [0.717, 1.165) is 32.5 Å². The largest absolute Gasteiger partial charge is 0.481 e. The molecule has 0 bridgehead atoms. The third-order valence-electron chi connectivity index (χ3n) is 2.59. The fraction of sp³-hybridized carbons (Fsp3) is 0.778. The summed E-state index contributed by atoms with van der Waals surface area (Å²) in [5.74, 6) is -0.860. The lowest BCUT2D eigenvalue weighted by molar-refractivity contribution is -0.143. The first kappa shape index (κ1) is 11.0. The number of rotatable bonds is 5. The first-order chi connectivity index (χ1) is 6.74. The van der Waals surface area contributed by atoms with Crippen LogP contribution in [0.2, 0.25) is 0 Å². The maximum absolute atomic E-state index is 10.6. The summed E-state index contributed by atoms with van der Waals surface area (Å²) in [5, 5.41) is 11.4. The molecule has 2 N–H and O–H groups in total. The molecule has 1 heterocycles. The molecule has 0 aromatic heterocycles. The van der Waals surface area contributed by atoms with Crippen LogP contribution >= 0.6 is 0 Å². The zero-order chi connectivity index (χ0) is 10.4. The van der Waals surface area contributed by atoms with Crippen molar-refractivity contribution in [3.05, 3.63) is 0 Å². The molecule has 1 amide bonds. The molecule has 1 aliphatic rings. The topological polar surface area (TPSA) is 69.6 Å². The smallest absolute Gasteiger partial charge is 0.306 e. The molecule has 5 heteroatoms. The van der Waals surface area contributed by atoms with Crippen LogP contribution in [-0.4, -0.2) is 48.6 Å². The van der Waals surface area contributed by atoms with Gasteiger partial charge in [0.2, 0.25) is 6.41 Å². The molecule has 80 valence electrons. The van der Waals surface area contributed by atoms with Gasteiger partial charge in [-0.15, -0.1) is 0 Å². The zero-order valence-corrected chi connectivity index (χ0v) is 8.11. The van der Waals surface area contributed by atoms with Gasteiger partial charge in [0.05, 0.1) is 5.92 Å². The van der Waals surface area contributed by atoms with Gasteiger partial charge in [-0.3, -0.25) is 9.59 Å². The zero-order valence-electron chi connectivity index (χ0n) is 8.11.